The first kappa shape index (κ1) is 27.3. The van der Waals surface area contributed by atoms with Crippen LogP contribution >= 0.6 is 0 Å². The quantitative estimate of drug-likeness (QED) is 0.589. The number of anilines is 1. The number of amides is 1. The molecule has 1 aliphatic rings. The summed E-state index contributed by atoms with van der Waals surface area (Å²) in [7, 11) is 1.86. The minimum Gasteiger partial charge on any atom is -0.870 e. The molecule has 156 valence electrons. The molecule has 1 saturated heterocycles. The first-order valence-corrected chi connectivity index (χ1v) is 10.2. The summed E-state index contributed by atoms with van der Waals surface area (Å²) in [6.45, 7) is 5.58. The molecule has 0 radical (unpaired) electrons. The van der Waals surface area contributed by atoms with Crippen LogP contribution in [0.3, 0.4) is 0 Å². The molecule has 0 aliphatic carbocycles. The van der Waals surface area contributed by atoms with Gasteiger partial charge in [-0.15, -0.1) is 0 Å². The number of piperazine rings is 1. The van der Waals surface area contributed by atoms with E-state index in [9.17, 15) is 4.79 Å². The average molecular weight is 460 g/mol. The summed E-state index contributed by atoms with van der Waals surface area (Å²) in [6.07, 6.45) is 1.09. The summed E-state index contributed by atoms with van der Waals surface area (Å²) in [6, 6.07) is 18.8. The third kappa shape index (κ3) is 8.25. The summed E-state index contributed by atoms with van der Waals surface area (Å²) in [5.41, 5.74) is 2.35. The van der Waals surface area contributed by atoms with E-state index in [4.69, 9.17) is 0 Å². The van der Waals surface area contributed by atoms with E-state index in [1.165, 1.54) is 9.96 Å². The summed E-state index contributed by atoms with van der Waals surface area (Å²) in [5.74, 6) is 0.159. The Bertz CT molecular complexity index is 708. The number of hydrogen-bond acceptors (Lipinski definition) is 6. The second kappa shape index (κ2) is 13.5. The van der Waals surface area contributed by atoms with Crippen LogP contribution in [0.1, 0.15) is 5.56 Å². The van der Waals surface area contributed by atoms with E-state index in [0.29, 0.717) is 6.54 Å². The molecule has 1 fully saturated rings. The number of benzene rings is 2. The Labute approximate surface area is 181 Å². The van der Waals surface area contributed by atoms with Crippen molar-refractivity contribution in [1.29, 1.82) is 0 Å². The number of hydrogen-bond donors (Lipinski definition) is 0. The van der Waals surface area contributed by atoms with Gasteiger partial charge in [0.2, 0.25) is 0 Å². The zero-order valence-corrected chi connectivity index (χ0v) is 18.8. The van der Waals surface area contributed by atoms with E-state index >= 15 is 0 Å². The maximum Gasteiger partial charge on any atom is -0.870 e. The first-order chi connectivity index (χ1) is 12.6. The van der Waals surface area contributed by atoms with Gasteiger partial charge in [-0.25, -0.2) is 0 Å². The molecule has 3 rings (SSSR count). The van der Waals surface area contributed by atoms with Gasteiger partial charge in [-0.2, -0.15) is 0 Å². The van der Waals surface area contributed by atoms with Crippen LogP contribution in [0.4, 0.5) is 5.69 Å². The molecule has 1 aliphatic heterocycles. The molecule has 7 nitrogen and oxygen atoms in total. The Morgan fingerprint density at radius 1 is 0.897 bits per heavy atom. The van der Waals surface area contributed by atoms with Crippen molar-refractivity contribution in [3.8, 4) is 0 Å². The van der Waals surface area contributed by atoms with E-state index in [0.717, 1.165) is 44.8 Å². The molecule has 0 atom stereocenters. The van der Waals surface area contributed by atoms with E-state index in [1.807, 2.05) is 31.3 Å². The Morgan fingerprint density at radius 3 is 2.03 bits per heavy atom. The van der Waals surface area contributed by atoms with Gasteiger partial charge in [-0.3, -0.25) is 0 Å². The van der Waals surface area contributed by atoms with Crippen LogP contribution in [0, 0.1) is 0 Å². The van der Waals surface area contributed by atoms with Crippen LogP contribution < -0.4 is 9.30 Å². The summed E-state index contributed by atoms with van der Waals surface area (Å²) >= 11 is 2.06. The predicted octanol–water partition coefficient (Wildman–Crippen LogP) is 0.773. The van der Waals surface area contributed by atoms with Gasteiger partial charge in [0, 0.05) is 0 Å². The average Bonchev–Trinajstić information content (AvgIpc) is 2.68. The van der Waals surface area contributed by atoms with Gasteiger partial charge >= 0.3 is 123 Å². The van der Waals surface area contributed by atoms with E-state index in [2.05, 4.69) is 56.6 Å². The van der Waals surface area contributed by atoms with Crippen molar-refractivity contribution >= 4 is 32.5 Å². The van der Waals surface area contributed by atoms with Gasteiger partial charge in [0.1, 0.15) is 0 Å². The van der Waals surface area contributed by atoms with Gasteiger partial charge in [0.05, 0.1) is 0 Å². The minimum absolute atomic E-state index is 0. The van der Waals surface area contributed by atoms with Gasteiger partial charge in [0.25, 0.3) is 0 Å². The maximum atomic E-state index is 12.6. The number of rotatable bonds is 6. The van der Waals surface area contributed by atoms with E-state index in [1.54, 1.807) is 4.90 Å². The molecular weight excluding hydrogens is 431 g/mol. The van der Waals surface area contributed by atoms with Crippen LogP contribution in [0.5, 0.6) is 0 Å². The standard InChI is InChI=1S/C21H26GeN3O.3H2O/c1-23(20-9-7-19(22)8-10-20)21(26)17-25-15-13-24(14-16-25)12-11-18-5-3-2-4-6-18;;;/h2-10H,11-17H2,1H3;3*1H2/q+3;;;/p-3. The topological polar surface area (TPSA) is 117 Å². The number of carbonyl (C=O) groups excluding carboxylic acids is 1. The van der Waals surface area contributed by atoms with Gasteiger partial charge in [0.15, 0.2) is 0 Å². The van der Waals surface area contributed by atoms with Crippen molar-refractivity contribution in [2.45, 2.75) is 6.42 Å². The second-order valence-corrected chi connectivity index (χ2v) is 8.06. The fourth-order valence-electron chi connectivity index (χ4n) is 3.23. The third-order valence-corrected chi connectivity index (χ3v) is 5.71. The Hall–Kier alpha value is -1.75. The second-order valence-electron chi connectivity index (χ2n) is 6.85. The largest absolute Gasteiger partial charge is 0.870 e. The van der Waals surface area contributed by atoms with Crippen molar-refractivity contribution in [2.24, 2.45) is 0 Å². The summed E-state index contributed by atoms with van der Waals surface area (Å²) in [5, 5.41) is 0. The zero-order chi connectivity index (χ0) is 18.4. The first-order valence-electron chi connectivity index (χ1n) is 9.19. The molecule has 0 bridgehead atoms. The SMILES string of the molecule is CN(C(=O)CN1CCN(CCc2ccccc2)CC1)c1cc[c]([Ge+3])cc1.[OH-].[OH-].[OH-]. The van der Waals surface area contributed by atoms with Gasteiger partial charge in [-0.1, -0.05) is 30.3 Å². The summed E-state index contributed by atoms with van der Waals surface area (Å²) in [4.78, 5) is 19.1. The smallest absolute Gasteiger partial charge is 0.870 e. The fraction of sp³-hybridized carbons (Fsp3) is 0.381. The molecule has 1 amide bonds. The van der Waals surface area contributed by atoms with Crippen LogP contribution in [0.25, 0.3) is 0 Å². The molecule has 3 N–H and O–H groups in total. The molecule has 2 aromatic rings. The molecule has 0 spiro atoms. The normalized spacial score (nSPS) is 14.2. The number of carbonyl (C=O) groups is 1. The van der Waals surface area contributed by atoms with Crippen LogP contribution in [0.2, 0.25) is 0 Å². The molecule has 29 heavy (non-hydrogen) atoms. The summed E-state index contributed by atoms with van der Waals surface area (Å²) < 4.78 is 1.21. The molecule has 0 aromatic heterocycles. The fourth-order valence-corrected chi connectivity index (χ4v) is 3.58. The van der Waals surface area contributed by atoms with Gasteiger partial charge in [-0.05, 0) is 12.0 Å². The van der Waals surface area contributed by atoms with Crippen molar-refractivity contribution in [3.05, 3.63) is 60.2 Å². The Kier molecular flexibility index (Phi) is 12.7. The van der Waals surface area contributed by atoms with Gasteiger partial charge < -0.3 is 16.4 Å². The predicted molar refractivity (Wildman–Crippen MR) is 114 cm³/mol. The maximum absolute atomic E-state index is 12.6. The number of likely N-dealkylation sites (N-methyl/N-ethyl adjacent to an activating group) is 1. The molecule has 2 aromatic carbocycles. The molecule has 0 saturated carbocycles. The van der Waals surface area contributed by atoms with Crippen molar-refractivity contribution in [2.75, 3.05) is 51.2 Å². The van der Waals surface area contributed by atoms with E-state index in [-0.39, 0.29) is 22.3 Å². The molecule has 1 heterocycles. The number of nitrogens with zero attached hydrogens (tertiary/aromatic N) is 3. The van der Waals surface area contributed by atoms with Crippen LogP contribution in [-0.2, 0) is 11.2 Å². The molecule has 0 unspecified atom stereocenters. The van der Waals surface area contributed by atoms with Crippen LogP contribution in [0.15, 0.2) is 54.6 Å². The molecular formula is C21H29GeN3O4. The Morgan fingerprint density at radius 2 is 1.45 bits per heavy atom. The third-order valence-electron chi connectivity index (χ3n) is 5.01. The van der Waals surface area contributed by atoms with Crippen molar-refractivity contribution in [1.82, 2.24) is 9.80 Å². The van der Waals surface area contributed by atoms with E-state index < -0.39 is 0 Å². The minimum atomic E-state index is 0. The van der Waals surface area contributed by atoms with Crippen LogP contribution in [-0.4, -0.2) is 95.0 Å². The van der Waals surface area contributed by atoms with Crippen molar-refractivity contribution in [3.63, 3.8) is 0 Å². The van der Waals surface area contributed by atoms with Crippen molar-refractivity contribution < 1.29 is 21.2 Å². The Balaban J connectivity index is 0.00000261. The monoisotopic (exact) mass is 461 g/mol. The zero-order valence-electron chi connectivity index (χ0n) is 16.7. The molecule has 8 heteroatoms.